The van der Waals surface area contributed by atoms with Gasteiger partial charge in [-0.2, -0.15) is 0 Å². The van der Waals surface area contributed by atoms with Crippen LogP contribution in [0.5, 0.6) is 5.88 Å². The normalized spacial score (nSPS) is 14.2. The quantitative estimate of drug-likeness (QED) is 0.861. The summed E-state index contributed by atoms with van der Waals surface area (Å²) in [4.78, 5) is 21.2. The molecule has 1 fully saturated rings. The van der Waals surface area contributed by atoms with E-state index in [1.165, 1.54) is 0 Å². The van der Waals surface area contributed by atoms with Gasteiger partial charge in [-0.3, -0.25) is 0 Å². The first-order chi connectivity index (χ1) is 13.0. The van der Waals surface area contributed by atoms with Crippen molar-refractivity contribution in [2.45, 2.75) is 20.3 Å². The van der Waals surface area contributed by atoms with Gasteiger partial charge in [-0.05, 0) is 43.2 Å². The number of anilines is 2. The largest absolute Gasteiger partial charge is 0.480 e. The molecule has 6 nitrogen and oxygen atoms in total. The fourth-order valence-electron chi connectivity index (χ4n) is 3.26. The third-order valence-corrected chi connectivity index (χ3v) is 5.07. The first-order valence-electron chi connectivity index (χ1n) is 9.12. The van der Waals surface area contributed by atoms with Crippen LogP contribution >= 0.6 is 11.6 Å². The molecule has 1 saturated heterocycles. The first-order valence-corrected chi connectivity index (χ1v) is 9.50. The summed E-state index contributed by atoms with van der Waals surface area (Å²) in [5, 5.41) is 3.68. The summed E-state index contributed by atoms with van der Waals surface area (Å²) in [5.41, 5.74) is 3.71. The zero-order chi connectivity index (χ0) is 19.4. The number of aromatic nitrogens is 1. The molecule has 2 amide bonds. The topological polar surface area (TPSA) is 57.7 Å². The number of methoxy groups -OCH3 is 1. The number of ether oxygens (including phenoxy) is 1. The van der Waals surface area contributed by atoms with Gasteiger partial charge in [-0.25, -0.2) is 9.78 Å². The number of benzene rings is 1. The molecule has 0 saturated carbocycles. The maximum atomic E-state index is 12.7. The lowest BCUT2D eigenvalue weighted by atomic mass is 10.1. The molecule has 0 spiro atoms. The van der Waals surface area contributed by atoms with Crippen molar-refractivity contribution < 1.29 is 9.53 Å². The average Bonchev–Trinajstić information content (AvgIpc) is 2.69. The first kappa shape index (κ1) is 19.3. The second-order valence-electron chi connectivity index (χ2n) is 6.53. The molecule has 0 radical (unpaired) electrons. The van der Waals surface area contributed by atoms with E-state index in [-0.39, 0.29) is 6.03 Å². The second kappa shape index (κ2) is 8.48. The van der Waals surface area contributed by atoms with Crippen LogP contribution in [-0.2, 0) is 6.42 Å². The Balaban J connectivity index is 1.65. The van der Waals surface area contributed by atoms with Crippen LogP contribution in [0.4, 0.5) is 16.2 Å². The zero-order valence-corrected chi connectivity index (χ0v) is 16.7. The minimum atomic E-state index is -0.133. The van der Waals surface area contributed by atoms with Gasteiger partial charge in [0.1, 0.15) is 5.69 Å². The minimum Gasteiger partial charge on any atom is -0.480 e. The molecule has 144 valence electrons. The van der Waals surface area contributed by atoms with Crippen molar-refractivity contribution in [1.29, 1.82) is 0 Å². The Kier molecular flexibility index (Phi) is 6.06. The molecule has 0 atom stereocenters. The Bertz CT molecular complexity index is 820. The Morgan fingerprint density at radius 2 is 2.00 bits per heavy atom. The number of aryl methyl sites for hydroxylation is 2. The number of urea groups is 1. The highest BCUT2D eigenvalue weighted by molar-refractivity contribution is 6.30. The van der Waals surface area contributed by atoms with Crippen molar-refractivity contribution >= 4 is 29.0 Å². The van der Waals surface area contributed by atoms with Crippen LogP contribution in [0, 0.1) is 6.92 Å². The van der Waals surface area contributed by atoms with E-state index < -0.39 is 0 Å². The molecule has 1 aliphatic heterocycles. The number of carbonyl (C=O) groups is 1. The van der Waals surface area contributed by atoms with E-state index >= 15 is 0 Å². The summed E-state index contributed by atoms with van der Waals surface area (Å²) in [6.45, 7) is 6.81. The number of hydrogen-bond donors (Lipinski definition) is 1. The van der Waals surface area contributed by atoms with Gasteiger partial charge in [0.05, 0.1) is 7.11 Å². The Morgan fingerprint density at radius 1 is 1.26 bits per heavy atom. The van der Waals surface area contributed by atoms with E-state index in [1.54, 1.807) is 7.11 Å². The lowest BCUT2D eigenvalue weighted by molar-refractivity contribution is 0.208. The summed E-state index contributed by atoms with van der Waals surface area (Å²) >= 11 is 6.08. The molecule has 2 heterocycles. The molecule has 2 aromatic rings. The Morgan fingerprint density at radius 3 is 2.63 bits per heavy atom. The van der Waals surface area contributed by atoms with Crippen molar-refractivity contribution in [3.05, 3.63) is 46.6 Å². The summed E-state index contributed by atoms with van der Waals surface area (Å²) in [5.74, 6) is 0.440. The van der Waals surface area contributed by atoms with Gasteiger partial charge in [0.2, 0.25) is 5.88 Å². The molecule has 0 unspecified atom stereocenters. The van der Waals surface area contributed by atoms with Gasteiger partial charge in [0.25, 0.3) is 0 Å². The number of hydrogen-bond acceptors (Lipinski definition) is 4. The molecule has 0 bridgehead atoms. The fraction of sp³-hybridized carbons (Fsp3) is 0.400. The number of carbonyl (C=O) groups excluding carboxylic acids is 1. The third kappa shape index (κ3) is 4.45. The van der Waals surface area contributed by atoms with Crippen molar-refractivity contribution in [1.82, 2.24) is 9.88 Å². The fourth-order valence-corrected chi connectivity index (χ4v) is 3.45. The second-order valence-corrected chi connectivity index (χ2v) is 6.96. The standard InChI is InChI=1S/C20H25ClN4O2/c1-4-15-12-18(19(27-3)22-14(15)2)23-20(26)25-10-8-24(9-11-25)17-7-5-6-16(21)13-17/h5-7,12-13H,4,8-11H2,1-3H3,(H,23,26). The van der Waals surface area contributed by atoms with Gasteiger partial charge in [-0.1, -0.05) is 24.6 Å². The maximum absolute atomic E-state index is 12.7. The molecule has 3 rings (SSSR count). The lowest BCUT2D eigenvalue weighted by Crippen LogP contribution is -2.50. The van der Waals surface area contributed by atoms with Crippen LogP contribution in [-0.4, -0.2) is 49.2 Å². The van der Waals surface area contributed by atoms with Gasteiger partial charge in [0.15, 0.2) is 0 Å². The van der Waals surface area contributed by atoms with Crippen LogP contribution in [0.2, 0.25) is 5.02 Å². The van der Waals surface area contributed by atoms with Crippen molar-refractivity contribution in [3.8, 4) is 5.88 Å². The summed E-state index contributed by atoms with van der Waals surface area (Å²) in [7, 11) is 1.56. The Labute approximate surface area is 165 Å². The van der Waals surface area contributed by atoms with E-state index in [2.05, 4.69) is 22.1 Å². The SMILES string of the molecule is CCc1cc(NC(=O)N2CCN(c3cccc(Cl)c3)CC2)c(OC)nc1C. The van der Waals surface area contributed by atoms with E-state index in [9.17, 15) is 4.79 Å². The van der Waals surface area contributed by atoms with Crippen molar-refractivity contribution in [3.63, 3.8) is 0 Å². The van der Waals surface area contributed by atoms with Crippen LogP contribution in [0.25, 0.3) is 0 Å². The number of rotatable bonds is 4. The number of piperazine rings is 1. The smallest absolute Gasteiger partial charge is 0.322 e. The van der Waals surface area contributed by atoms with E-state index in [0.29, 0.717) is 24.7 Å². The van der Waals surface area contributed by atoms with Crippen molar-refractivity contribution in [2.75, 3.05) is 43.5 Å². The highest BCUT2D eigenvalue weighted by Crippen LogP contribution is 2.26. The van der Waals surface area contributed by atoms with Gasteiger partial charge in [0, 0.05) is 42.6 Å². The van der Waals surface area contributed by atoms with Crippen LogP contribution in [0.1, 0.15) is 18.2 Å². The maximum Gasteiger partial charge on any atom is 0.322 e. The van der Waals surface area contributed by atoms with E-state index in [1.807, 2.05) is 42.2 Å². The number of nitrogens with one attached hydrogen (secondary N) is 1. The third-order valence-electron chi connectivity index (χ3n) is 4.84. The Hall–Kier alpha value is -2.47. The molecule has 1 aromatic carbocycles. The summed E-state index contributed by atoms with van der Waals surface area (Å²) in [6.07, 6.45) is 0.851. The summed E-state index contributed by atoms with van der Waals surface area (Å²) < 4.78 is 5.33. The van der Waals surface area contributed by atoms with Crippen LogP contribution < -0.4 is 15.0 Å². The van der Waals surface area contributed by atoms with E-state index in [0.717, 1.165) is 41.5 Å². The number of nitrogens with zero attached hydrogens (tertiary/aromatic N) is 3. The highest BCUT2D eigenvalue weighted by atomic mass is 35.5. The number of amides is 2. The molecular formula is C20H25ClN4O2. The molecule has 1 N–H and O–H groups in total. The monoisotopic (exact) mass is 388 g/mol. The van der Waals surface area contributed by atoms with E-state index in [4.69, 9.17) is 16.3 Å². The van der Waals surface area contributed by atoms with Gasteiger partial charge in [-0.15, -0.1) is 0 Å². The molecule has 27 heavy (non-hydrogen) atoms. The van der Waals surface area contributed by atoms with Crippen LogP contribution in [0.15, 0.2) is 30.3 Å². The highest BCUT2D eigenvalue weighted by Gasteiger charge is 2.23. The predicted molar refractivity (Wildman–Crippen MR) is 109 cm³/mol. The summed E-state index contributed by atoms with van der Waals surface area (Å²) in [6, 6.07) is 9.61. The molecule has 7 heteroatoms. The number of halogens is 1. The molecule has 1 aromatic heterocycles. The molecular weight excluding hydrogens is 364 g/mol. The predicted octanol–water partition coefficient (Wildman–Crippen LogP) is 3.97. The molecule has 1 aliphatic rings. The average molecular weight is 389 g/mol. The van der Waals surface area contributed by atoms with Gasteiger partial charge < -0.3 is 19.9 Å². The van der Waals surface area contributed by atoms with Crippen molar-refractivity contribution in [2.24, 2.45) is 0 Å². The van der Waals surface area contributed by atoms with Gasteiger partial charge >= 0.3 is 6.03 Å². The van der Waals surface area contributed by atoms with Crippen LogP contribution in [0.3, 0.4) is 0 Å². The zero-order valence-electron chi connectivity index (χ0n) is 16.0. The number of pyridine rings is 1. The molecule has 0 aliphatic carbocycles. The lowest BCUT2D eigenvalue weighted by Gasteiger charge is -2.36. The minimum absolute atomic E-state index is 0.133.